The van der Waals surface area contributed by atoms with Gasteiger partial charge in [0.15, 0.2) is 5.60 Å². The Morgan fingerprint density at radius 3 is 2.64 bits per heavy atom. The average molecular weight is 379 g/mol. The van der Waals surface area contributed by atoms with E-state index in [1.54, 1.807) is 25.2 Å². The molecule has 1 amide bonds. The number of nitrogens with one attached hydrogen (secondary N) is 1. The third kappa shape index (κ3) is 5.73. The van der Waals surface area contributed by atoms with Gasteiger partial charge in [0.2, 0.25) is 0 Å². The van der Waals surface area contributed by atoms with E-state index >= 15 is 0 Å². The van der Waals surface area contributed by atoms with E-state index in [1.807, 2.05) is 44.2 Å². The summed E-state index contributed by atoms with van der Waals surface area (Å²) < 4.78 is 5.60. The minimum Gasteiger partial charge on any atom is -0.453 e. The van der Waals surface area contributed by atoms with Gasteiger partial charge in [-0.3, -0.25) is 10.2 Å². The van der Waals surface area contributed by atoms with Crippen LogP contribution < -0.4 is 5.43 Å². The third-order valence-electron chi connectivity index (χ3n) is 3.26. The number of hydrogen-bond acceptors (Lipinski definition) is 4. The maximum atomic E-state index is 12.6. The van der Waals surface area contributed by atoms with Gasteiger partial charge in [-0.05, 0) is 37.4 Å². The number of amides is 1. The van der Waals surface area contributed by atoms with Crippen molar-refractivity contribution in [2.75, 3.05) is 5.43 Å². The molecule has 2 rings (SSSR count). The number of thiocarbonyl (C=S) groups is 1. The van der Waals surface area contributed by atoms with E-state index in [0.29, 0.717) is 11.5 Å². The smallest absolute Gasteiger partial charge is 0.293 e. The SMILES string of the molecule is C=C/C(Cl)=C\C=C\CC1(C)OC(=S)N(Nc2ccccc2)C1=O.CC. The number of benzene rings is 1. The summed E-state index contributed by atoms with van der Waals surface area (Å²) in [5, 5.41) is 1.88. The number of para-hydroxylation sites is 1. The Morgan fingerprint density at radius 1 is 1.40 bits per heavy atom. The normalized spacial score (nSPS) is 20.2. The summed E-state index contributed by atoms with van der Waals surface area (Å²) >= 11 is 11.0. The van der Waals surface area contributed by atoms with Gasteiger partial charge in [0.05, 0.1) is 5.69 Å². The third-order valence-corrected chi connectivity index (χ3v) is 3.81. The van der Waals surface area contributed by atoms with Crippen LogP contribution in [0.2, 0.25) is 0 Å². The molecular formula is C19H23ClN2O2S. The Kier molecular flexibility index (Phi) is 8.38. The molecule has 0 spiro atoms. The van der Waals surface area contributed by atoms with Crippen LogP contribution in [0.25, 0.3) is 0 Å². The Balaban J connectivity index is 0.00000151. The zero-order valence-electron chi connectivity index (χ0n) is 14.7. The van der Waals surface area contributed by atoms with E-state index in [1.165, 1.54) is 11.1 Å². The van der Waals surface area contributed by atoms with Gasteiger partial charge >= 0.3 is 0 Å². The Bertz CT molecular complexity index is 673. The molecule has 0 saturated carbocycles. The van der Waals surface area contributed by atoms with Crippen molar-refractivity contribution in [2.24, 2.45) is 0 Å². The summed E-state index contributed by atoms with van der Waals surface area (Å²) in [5.74, 6) is -0.241. The standard InChI is InChI=1S/C17H17ClN2O2S.C2H6/c1-3-13(18)9-7-8-12-17(2)15(21)20(16(23)22-17)19-14-10-5-4-6-11-14;1-2/h3-11,19H,1,12H2,2H3;1-2H3/b8-7+,13-9+;. The first-order chi connectivity index (χ1) is 12.0. The van der Waals surface area contributed by atoms with Crippen molar-refractivity contribution in [3.63, 3.8) is 0 Å². The molecule has 25 heavy (non-hydrogen) atoms. The zero-order chi connectivity index (χ0) is 18.9. The molecule has 1 N–H and O–H groups in total. The van der Waals surface area contributed by atoms with Gasteiger partial charge in [-0.2, -0.15) is 5.01 Å². The van der Waals surface area contributed by atoms with Crippen molar-refractivity contribution in [2.45, 2.75) is 32.8 Å². The topological polar surface area (TPSA) is 41.6 Å². The minimum absolute atomic E-state index is 0.106. The minimum atomic E-state index is -1.04. The molecular weight excluding hydrogens is 356 g/mol. The second kappa shape index (κ2) is 10.0. The predicted molar refractivity (Wildman–Crippen MR) is 108 cm³/mol. The first-order valence-electron chi connectivity index (χ1n) is 8.00. The molecule has 0 bridgehead atoms. The lowest BCUT2D eigenvalue weighted by atomic mass is 10.0. The maximum Gasteiger partial charge on any atom is 0.293 e. The Morgan fingerprint density at radius 2 is 2.04 bits per heavy atom. The summed E-state index contributed by atoms with van der Waals surface area (Å²) in [6.45, 7) is 9.26. The van der Waals surface area contributed by atoms with Crippen molar-refractivity contribution in [1.82, 2.24) is 5.01 Å². The fraction of sp³-hybridized carbons (Fsp3) is 0.263. The molecule has 0 radical (unpaired) electrons. The van der Waals surface area contributed by atoms with Crippen LogP contribution in [-0.2, 0) is 9.53 Å². The molecule has 1 atom stereocenters. The highest BCUT2D eigenvalue weighted by Gasteiger charge is 2.48. The molecule has 1 heterocycles. The molecule has 1 fully saturated rings. The first-order valence-corrected chi connectivity index (χ1v) is 8.79. The molecule has 4 nitrogen and oxygen atoms in total. The number of carbonyl (C=O) groups excluding carboxylic acids is 1. The van der Waals surface area contributed by atoms with Crippen molar-refractivity contribution in [3.8, 4) is 0 Å². The van der Waals surface area contributed by atoms with E-state index in [4.69, 9.17) is 28.6 Å². The first kappa shape index (κ1) is 20.9. The number of anilines is 1. The van der Waals surface area contributed by atoms with Gasteiger partial charge in [-0.15, -0.1) is 0 Å². The van der Waals surface area contributed by atoms with E-state index in [-0.39, 0.29) is 11.1 Å². The Labute approximate surface area is 159 Å². The van der Waals surface area contributed by atoms with Gasteiger partial charge in [0, 0.05) is 11.5 Å². The lowest BCUT2D eigenvalue weighted by Gasteiger charge is -2.19. The molecule has 1 aliphatic heterocycles. The van der Waals surface area contributed by atoms with Crippen molar-refractivity contribution in [1.29, 1.82) is 0 Å². The molecule has 0 aromatic heterocycles. The summed E-state index contributed by atoms with van der Waals surface area (Å²) in [5.41, 5.74) is 2.68. The van der Waals surface area contributed by atoms with Gasteiger partial charge in [-0.1, -0.05) is 68.5 Å². The van der Waals surface area contributed by atoms with Crippen molar-refractivity contribution < 1.29 is 9.53 Å². The van der Waals surface area contributed by atoms with Gasteiger partial charge in [0.1, 0.15) is 0 Å². The number of halogens is 1. The molecule has 1 aromatic carbocycles. The van der Waals surface area contributed by atoms with Crippen LogP contribution in [0.15, 0.2) is 66.2 Å². The number of hydrazine groups is 1. The molecule has 1 aliphatic rings. The highest BCUT2D eigenvalue weighted by Crippen LogP contribution is 2.28. The summed E-state index contributed by atoms with van der Waals surface area (Å²) in [4.78, 5) is 12.6. The van der Waals surface area contributed by atoms with E-state index in [9.17, 15) is 4.79 Å². The van der Waals surface area contributed by atoms with Crippen LogP contribution in [0.3, 0.4) is 0 Å². The molecule has 1 aromatic rings. The van der Waals surface area contributed by atoms with Crippen LogP contribution in [0.1, 0.15) is 27.2 Å². The number of hydrogen-bond donors (Lipinski definition) is 1. The van der Waals surface area contributed by atoms with Crippen LogP contribution in [0, 0.1) is 0 Å². The second-order valence-electron chi connectivity index (χ2n) is 5.11. The van der Waals surface area contributed by atoms with Crippen LogP contribution >= 0.6 is 23.8 Å². The van der Waals surface area contributed by atoms with Crippen LogP contribution in [-0.4, -0.2) is 21.7 Å². The van der Waals surface area contributed by atoms with Crippen molar-refractivity contribution in [3.05, 3.63) is 66.2 Å². The predicted octanol–water partition coefficient (Wildman–Crippen LogP) is 5.20. The monoisotopic (exact) mass is 378 g/mol. The fourth-order valence-electron chi connectivity index (χ4n) is 1.99. The largest absolute Gasteiger partial charge is 0.453 e. The van der Waals surface area contributed by atoms with Gasteiger partial charge in [-0.25, -0.2) is 0 Å². The highest BCUT2D eigenvalue weighted by atomic mass is 35.5. The molecule has 1 unspecified atom stereocenters. The molecule has 1 saturated heterocycles. The number of ether oxygens (including phenoxy) is 1. The lowest BCUT2D eigenvalue weighted by Crippen LogP contribution is -2.41. The molecule has 134 valence electrons. The highest BCUT2D eigenvalue weighted by molar-refractivity contribution is 7.80. The Hall–Kier alpha value is -2.11. The quantitative estimate of drug-likeness (QED) is 0.545. The molecule has 0 aliphatic carbocycles. The number of carbonyl (C=O) groups is 1. The number of allylic oxidation sites excluding steroid dienone is 4. The second-order valence-corrected chi connectivity index (χ2v) is 5.89. The maximum absolute atomic E-state index is 12.6. The van der Waals surface area contributed by atoms with Gasteiger partial charge in [0.25, 0.3) is 11.1 Å². The molecule has 6 heteroatoms. The fourth-order valence-corrected chi connectivity index (χ4v) is 2.37. The summed E-state index contributed by atoms with van der Waals surface area (Å²) in [7, 11) is 0. The lowest BCUT2D eigenvalue weighted by molar-refractivity contribution is -0.134. The van der Waals surface area contributed by atoms with Crippen LogP contribution in [0.4, 0.5) is 5.69 Å². The van der Waals surface area contributed by atoms with Crippen LogP contribution in [0.5, 0.6) is 0 Å². The summed E-state index contributed by atoms with van der Waals surface area (Å²) in [6, 6.07) is 9.30. The zero-order valence-corrected chi connectivity index (χ0v) is 16.2. The summed E-state index contributed by atoms with van der Waals surface area (Å²) in [6.07, 6.45) is 7.15. The van der Waals surface area contributed by atoms with Gasteiger partial charge < -0.3 is 4.74 Å². The van der Waals surface area contributed by atoms with Crippen molar-refractivity contribution >= 4 is 40.6 Å². The van der Waals surface area contributed by atoms with E-state index < -0.39 is 5.60 Å². The number of rotatable bonds is 6. The van der Waals surface area contributed by atoms with E-state index in [2.05, 4.69) is 12.0 Å². The van der Waals surface area contributed by atoms with E-state index in [0.717, 1.165) is 5.69 Å². The average Bonchev–Trinajstić information content (AvgIpc) is 2.84. The number of nitrogens with zero attached hydrogens (tertiary/aromatic N) is 1.